The number of likely N-dealkylation sites (tertiary alicyclic amines) is 1. The minimum atomic E-state index is 0.563. The van der Waals surface area contributed by atoms with Gasteiger partial charge < -0.3 is 10.2 Å². The number of aryl methyl sites for hydroxylation is 1. The second kappa shape index (κ2) is 13.2. The number of nitrogens with zero attached hydrogens (tertiary/aromatic N) is 4. The Labute approximate surface area is 231 Å². The van der Waals surface area contributed by atoms with E-state index in [1.54, 1.807) is 0 Å². The molecule has 2 saturated heterocycles. The van der Waals surface area contributed by atoms with Gasteiger partial charge in [0.25, 0.3) is 0 Å². The van der Waals surface area contributed by atoms with E-state index in [1.807, 2.05) is 39.0 Å². The zero-order valence-corrected chi connectivity index (χ0v) is 24.7. The summed E-state index contributed by atoms with van der Waals surface area (Å²) in [7, 11) is 4.88. The number of aromatic nitrogens is 2. The van der Waals surface area contributed by atoms with E-state index in [-0.39, 0.29) is 0 Å². The first-order valence-electron chi connectivity index (χ1n) is 14.1. The number of hydrogen-bond donors (Lipinski definition) is 1. The van der Waals surface area contributed by atoms with Gasteiger partial charge in [-0.2, -0.15) is 10.4 Å². The zero-order valence-electron chi connectivity index (χ0n) is 24.7. The van der Waals surface area contributed by atoms with Gasteiger partial charge in [0.05, 0.1) is 17.3 Å². The number of nitriles is 1. The molecular formula is C32H45BN5. The van der Waals surface area contributed by atoms with Crippen LogP contribution in [0, 0.1) is 25.2 Å². The summed E-state index contributed by atoms with van der Waals surface area (Å²) in [5, 5.41) is 24.0. The highest BCUT2D eigenvalue weighted by Crippen LogP contribution is 2.51. The van der Waals surface area contributed by atoms with Gasteiger partial charge in [-0.15, -0.1) is 5.10 Å². The van der Waals surface area contributed by atoms with Crippen LogP contribution in [-0.4, -0.2) is 42.0 Å². The van der Waals surface area contributed by atoms with Crippen molar-refractivity contribution in [3.8, 4) is 6.07 Å². The molecule has 2 aliphatic rings. The summed E-state index contributed by atoms with van der Waals surface area (Å²) in [5.74, 6) is 1.66. The average molecular weight is 511 g/mol. The normalized spacial score (nSPS) is 23.9. The van der Waals surface area contributed by atoms with E-state index in [0.29, 0.717) is 17.4 Å². The van der Waals surface area contributed by atoms with Crippen molar-refractivity contribution >= 4 is 25.2 Å². The summed E-state index contributed by atoms with van der Waals surface area (Å²) in [6, 6.07) is 8.88. The van der Waals surface area contributed by atoms with Crippen LogP contribution in [0.2, 0.25) is 11.1 Å². The van der Waals surface area contributed by atoms with Crippen molar-refractivity contribution in [3.63, 3.8) is 0 Å². The molecule has 3 unspecified atom stereocenters. The molecule has 4 rings (SSSR count). The maximum Gasteiger partial charge on any atom is 0.156 e. The Morgan fingerprint density at radius 3 is 2.61 bits per heavy atom. The summed E-state index contributed by atoms with van der Waals surface area (Å²) >= 11 is 0. The third-order valence-electron chi connectivity index (χ3n) is 8.27. The van der Waals surface area contributed by atoms with Crippen LogP contribution in [0.4, 0.5) is 5.82 Å². The molecule has 1 radical (unpaired) electrons. The molecule has 0 aliphatic carbocycles. The third kappa shape index (κ3) is 6.74. The van der Waals surface area contributed by atoms with Crippen molar-refractivity contribution in [1.82, 2.24) is 15.1 Å². The molecule has 38 heavy (non-hydrogen) atoms. The Balaban J connectivity index is 0.000000275. The Morgan fingerprint density at radius 2 is 2.00 bits per heavy atom. The number of rotatable bonds is 6. The highest BCUT2D eigenvalue weighted by atomic mass is 15.2. The number of anilines is 1. The first kappa shape index (κ1) is 29.6. The number of benzene rings is 1. The van der Waals surface area contributed by atoms with E-state index in [9.17, 15) is 5.26 Å². The summed E-state index contributed by atoms with van der Waals surface area (Å²) < 4.78 is 0. The molecule has 2 aliphatic heterocycles. The zero-order chi connectivity index (χ0) is 27.9. The molecule has 1 aromatic carbocycles. The molecule has 0 bridgehead atoms. The lowest BCUT2D eigenvalue weighted by molar-refractivity contribution is 0.0477. The Kier molecular flexibility index (Phi) is 10.3. The van der Waals surface area contributed by atoms with Gasteiger partial charge in [0.1, 0.15) is 7.28 Å². The van der Waals surface area contributed by atoms with Crippen LogP contribution in [0.25, 0.3) is 12.2 Å². The highest BCUT2D eigenvalue weighted by molar-refractivity contribution is 6.43. The van der Waals surface area contributed by atoms with Crippen LogP contribution in [0.5, 0.6) is 0 Å². The first-order valence-corrected chi connectivity index (χ1v) is 14.1. The van der Waals surface area contributed by atoms with E-state index in [2.05, 4.69) is 86.7 Å². The van der Waals surface area contributed by atoms with Crippen molar-refractivity contribution in [1.29, 1.82) is 5.26 Å². The lowest BCUT2D eigenvalue weighted by Crippen LogP contribution is -2.61. The largest absolute Gasteiger partial charge is 0.364 e. The molecule has 0 saturated carbocycles. The molecule has 1 aromatic heterocycles. The smallest absolute Gasteiger partial charge is 0.156 e. The molecule has 201 valence electrons. The molecule has 3 atom stereocenters. The first-order chi connectivity index (χ1) is 18.2. The third-order valence-corrected chi connectivity index (χ3v) is 8.27. The van der Waals surface area contributed by atoms with Crippen LogP contribution in [0.1, 0.15) is 82.7 Å². The van der Waals surface area contributed by atoms with Gasteiger partial charge in [-0.25, -0.2) is 0 Å². The molecular weight excluding hydrogens is 465 g/mol. The predicted octanol–water partition coefficient (Wildman–Crippen LogP) is 5.69. The van der Waals surface area contributed by atoms with E-state index >= 15 is 0 Å². The monoisotopic (exact) mass is 510 g/mol. The van der Waals surface area contributed by atoms with Crippen LogP contribution in [-0.2, 0) is 6.54 Å². The van der Waals surface area contributed by atoms with Gasteiger partial charge >= 0.3 is 0 Å². The standard InChI is InChI=1S/C22H26N4.C10H19BN/c1-6-9-15(3)12-21-20(7-2)17(5)25-26-22(21)24-14-19-11-8-10-18(13-23)16(19)4;1-4-8-5-6-9-10(2,11-8)7-12(9)3/h7-12H,6,14H2,1-5H3,(H,24,26);8-9H,4-7H2,1-3H3/b15-9+,20-7-,21-12+;. The second-order valence-corrected chi connectivity index (χ2v) is 11.2. The van der Waals surface area contributed by atoms with E-state index in [1.165, 1.54) is 31.4 Å². The minimum Gasteiger partial charge on any atom is -0.364 e. The average Bonchev–Trinajstić information content (AvgIpc) is 2.88. The van der Waals surface area contributed by atoms with E-state index in [4.69, 9.17) is 0 Å². The summed E-state index contributed by atoms with van der Waals surface area (Å²) in [4.78, 5) is 2.50. The van der Waals surface area contributed by atoms with Crippen molar-refractivity contribution in [3.05, 3.63) is 62.7 Å². The molecule has 1 N–H and O–H groups in total. The number of nitrogens with one attached hydrogen (secondary N) is 1. The van der Waals surface area contributed by atoms with Gasteiger partial charge in [-0.1, -0.05) is 69.3 Å². The minimum absolute atomic E-state index is 0.563. The van der Waals surface area contributed by atoms with Crippen molar-refractivity contribution in [2.75, 3.05) is 18.9 Å². The fraction of sp³-hybridized carbons (Fsp3) is 0.531. The SMILES string of the molecule is C/C=c1/c(C)nnc(NCc2cccc(C#N)c2C)/c1=C/C(C)=C/CC.CCC1[B]C2(C)CN(C)C2CC1. The molecule has 0 amide bonds. The molecule has 5 nitrogen and oxygen atoms in total. The van der Waals surface area contributed by atoms with Gasteiger partial charge in [-0.05, 0) is 82.7 Å². The van der Waals surface area contributed by atoms with Crippen LogP contribution >= 0.6 is 0 Å². The predicted molar refractivity (Wildman–Crippen MR) is 162 cm³/mol. The van der Waals surface area contributed by atoms with Gasteiger partial charge in [0, 0.05) is 23.0 Å². The number of hydrogen-bond acceptors (Lipinski definition) is 5. The lowest BCUT2D eigenvalue weighted by Gasteiger charge is -2.59. The number of fused-ring (bicyclic) bond motifs is 1. The molecule has 0 spiro atoms. The van der Waals surface area contributed by atoms with E-state index in [0.717, 1.165) is 51.4 Å². The van der Waals surface area contributed by atoms with Gasteiger partial charge in [0.15, 0.2) is 5.82 Å². The van der Waals surface area contributed by atoms with Crippen molar-refractivity contribution < 1.29 is 0 Å². The van der Waals surface area contributed by atoms with Gasteiger partial charge in [-0.3, -0.25) is 0 Å². The molecule has 6 heteroatoms. The summed E-state index contributed by atoms with van der Waals surface area (Å²) in [5.41, 5.74) is 4.90. The fourth-order valence-corrected chi connectivity index (χ4v) is 6.15. The van der Waals surface area contributed by atoms with Crippen molar-refractivity contribution in [2.24, 2.45) is 0 Å². The van der Waals surface area contributed by atoms with Crippen LogP contribution in [0.3, 0.4) is 0 Å². The Morgan fingerprint density at radius 1 is 1.24 bits per heavy atom. The highest BCUT2D eigenvalue weighted by Gasteiger charge is 2.50. The molecule has 2 fully saturated rings. The Hall–Kier alpha value is -2.91. The van der Waals surface area contributed by atoms with Crippen molar-refractivity contribution in [2.45, 2.75) is 97.9 Å². The van der Waals surface area contributed by atoms with Crippen LogP contribution < -0.4 is 15.8 Å². The quantitative estimate of drug-likeness (QED) is 0.506. The summed E-state index contributed by atoms with van der Waals surface area (Å²) in [6.45, 7) is 16.8. The Bertz CT molecular complexity index is 1310. The number of allylic oxidation sites excluding steroid dienone is 2. The maximum atomic E-state index is 9.21. The van der Waals surface area contributed by atoms with Gasteiger partial charge in [0.2, 0.25) is 0 Å². The summed E-state index contributed by atoms with van der Waals surface area (Å²) in [6.07, 6.45) is 11.6. The molecule has 2 aromatic rings. The van der Waals surface area contributed by atoms with E-state index < -0.39 is 0 Å². The second-order valence-electron chi connectivity index (χ2n) is 11.2. The lowest BCUT2D eigenvalue weighted by atomic mass is 9.36. The fourth-order valence-electron chi connectivity index (χ4n) is 6.15. The topological polar surface area (TPSA) is 64.8 Å². The molecule has 3 heterocycles. The maximum absolute atomic E-state index is 9.21. The van der Waals surface area contributed by atoms with Crippen LogP contribution in [0.15, 0.2) is 29.8 Å².